The molecule has 2 saturated heterocycles. The zero-order chi connectivity index (χ0) is 21.3. The number of rotatable bonds is 4. The van der Waals surface area contributed by atoms with Gasteiger partial charge in [-0.3, -0.25) is 9.69 Å². The third kappa shape index (κ3) is 4.53. The van der Waals surface area contributed by atoms with Gasteiger partial charge in [0.05, 0.1) is 6.04 Å². The number of benzene rings is 2. The zero-order valence-electron chi connectivity index (χ0n) is 17.4. The third-order valence-electron chi connectivity index (χ3n) is 6.49. The van der Waals surface area contributed by atoms with E-state index in [0.717, 1.165) is 30.5 Å². The molecule has 0 aliphatic carbocycles. The largest absolute Gasteiger partial charge is 0.507 e. The van der Waals surface area contributed by atoms with Gasteiger partial charge in [-0.05, 0) is 56.0 Å². The van der Waals surface area contributed by atoms with Gasteiger partial charge in [0.2, 0.25) is 5.91 Å². The Hall–Kier alpha value is -1.97. The molecule has 0 bridgehead atoms. The van der Waals surface area contributed by atoms with Crippen LogP contribution in [-0.4, -0.2) is 52.7 Å². The van der Waals surface area contributed by atoms with Crippen molar-refractivity contribution >= 4 is 20.5 Å². The molecule has 4 nitrogen and oxygen atoms in total. The van der Waals surface area contributed by atoms with E-state index in [9.17, 15) is 9.90 Å². The molecule has 6 heteroatoms. The van der Waals surface area contributed by atoms with Crippen LogP contribution >= 0.6 is 9.24 Å². The van der Waals surface area contributed by atoms with Crippen LogP contribution in [0.3, 0.4) is 0 Å². The lowest BCUT2D eigenvalue weighted by Crippen LogP contribution is -2.55. The number of hydrogen-bond donors (Lipinski definition) is 1. The van der Waals surface area contributed by atoms with Crippen molar-refractivity contribution in [2.75, 3.05) is 19.6 Å². The number of phenolic OH excluding ortho intramolecular Hbond substituents is 1. The smallest absolute Gasteiger partial charge is 0.240 e. The summed E-state index contributed by atoms with van der Waals surface area (Å²) in [5.41, 5.74) is 3.26. The number of nitrogens with zero attached hydrogens (tertiary/aromatic N) is 2. The molecule has 0 spiro atoms. The predicted octanol–water partition coefficient (Wildman–Crippen LogP) is 3.52. The number of hydrogen-bond acceptors (Lipinski definition) is 3. The molecule has 4 unspecified atom stereocenters. The summed E-state index contributed by atoms with van der Waals surface area (Å²) in [5.74, 6) is 0.144. The highest BCUT2D eigenvalue weighted by Gasteiger charge is 2.39. The van der Waals surface area contributed by atoms with Gasteiger partial charge < -0.3 is 10.0 Å². The number of likely N-dealkylation sites (tertiary alicyclic amines) is 2. The van der Waals surface area contributed by atoms with E-state index >= 15 is 4.39 Å². The van der Waals surface area contributed by atoms with Crippen molar-refractivity contribution in [3.8, 4) is 5.75 Å². The average molecular weight is 428 g/mol. The van der Waals surface area contributed by atoms with E-state index in [1.54, 1.807) is 6.07 Å². The lowest BCUT2D eigenvalue weighted by Gasteiger charge is -2.43. The molecule has 2 aromatic rings. The summed E-state index contributed by atoms with van der Waals surface area (Å²) in [5, 5.41) is 10.4. The minimum atomic E-state index is -1.02. The van der Waals surface area contributed by atoms with Gasteiger partial charge in [-0.1, -0.05) is 35.9 Å². The summed E-state index contributed by atoms with van der Waals surface area (Å²) in [6.07, 6.45) is 1.41. The van der Waals surface area contributed by atoms with Crippen molar-refractivity contribution in [2.24, 2.45) is 0 Å². The molecule has 0 saturated carbocycles. The predicted molar refractivity (Wildman–Crippen MR) is 121 cm³/mol. The van der Waals surface area contributed by atoms with Crippen LogP contribution in [0.1, 0.15) is 41.9 Å². The Labute approximate surface area is 180 Å². The number of carbonyl (C=O) groups is 1. The summed E-state index contributed by atoms with van der Waals surface area (Å²) in [6, 6.07) is 13.4. The summed E-state index contributed by atoms with van der Waals surface area (Å²) in [6.45, 7) is 4.44. The molecule has 160 valence electrons. The molecule has 4 rings (SSSR count). The Morgan fingerprint density at radius 1 is 1.13 bits per heavy atom. The molecule has 2 heterocycles. The second-order valence-corrected chi connectivity index (χ2v) is 9.25. The van der Waals surface area contributed by atoms with Gasteiger partial charge in [0.1, 0.15) is 11.9 Å². The van der Waals surface area contributed by atoms with Crippen LogP contribution in [0.4, 0.5) is 4.39 Å². The fraction of sp³-hybridized carbons (Fsp3) is 0.458. The number of amides is 1. The average Bonchev–Trinajstić information content (AvgIpc) is 2.73. The van der Waals surface area contributed by atoms with Crippen LogP contribution < -0.4 is 5.30 Å². The fourth-order valence-electron chi connectivity index (χ4n) is 4.72. The van der Waals surface area contributed by atoms with Crippen molar-refractivity contribution in [1.82, 2.24) is 9.80 Å². The molecule has 2 aliphatic heterocycles. The van der Waals surface area contributed by atoms with Gasteiger partial charge in [-0.25, -0.2) is 4.39 Å². The highest BCUT2D eigenvalue weighted by atomic mass is 31.0. The van der Waals surface area contributed by atoms with Crippen LogP contribution in [-0.2, 0) is 11.3 Å². The van der Waals surface area contributed by atoms with Crippen molar-refractivity contribution in [1.29, 1.82) is 0 Å². The maximum absolute atomic E-state index is 15.1. The molecular weight excluding hydrogens is 398 g/mol. The Bertz CT molecular complexity index is 905. The van der Waals surface area contributed by atoms with Gasteiger partial charge in [-0.15, -0.1) is 9.24 Å². The Balaban J connectivity index is 1.41. The minimum Gasteiger partial charge on any atom is -0.507 e. The minimum absolute atomic E-state index is 0.129. The number of aromatic hydroxyl groups is 1. The highest BCUT2D eigenvalue weighted by molar-refractivity contribution is 7.27. The molecule has 2 aromatic carbocycles. The summed E-state index contributed by atoms with van der Waals surface area (Å²) < 4.78 is 15.1. The van der Waals surface area contributed by atoms with Crippen molar-refractivity contribution in [3.05, 3.63) is 59.2 Å². The first-order chi connectivity index (χ1) is 14.4. The second-order valence-electron chi connectivity index (χ2n) is 8.63. The van der Waals surface area contributed by atoms with Crippen LogP contribution in [0.25, 0.3) is 0 Å². The molecule has 2 fully saturated rings. The number of phenols is 1. The number of piperidine rings is 2. The van der Waals surface area contributed by atoms with E-state index < -0.39 is 6.17 Å². The van der Waals surface area contributed by atoms with E-state index in [2.05, 4.69) is 40.4 Å². The normalized spacial score (nSPS) is 25.5. The standard InChI is InChI=1S/C24H30FN2O2P/c1-16-4-6-17(7-5-16)14-27-11-2-3-21(24(27)29)26-12-10-19(20(25)15-26)18-8-9-22(28)23(30)13-18/h4-9,13,19-21,28H,2-3,10-12,14-15,30H2,1H3. The van der Waals surface area contributed by atoms with Gasteiger partial charge in [0.15, 0.2) is 0 Å². The Kier molecular flexibility index (Phi) is 6.40. The topological polar surface area (TPSA) is 43.8 Å². The molecular formula is C24H30FN2O2P. The lowest BCUT2D eigenvalue weighted by atomic mass is 9.86. The maximum atomic E-state index is 15.1. The quantitative estimate of drug-likeness (QED) is 0.758. The van der Waals surface area contributed by atoms with Crippen LogP contribution in [0.2, 0.25) is 0 Å². The van der Waals surface area contributed by atoms with Crippen LogP contribution in [0.5, 0.6) is 5.75 Å². The zero-order valence-corrected chi connectivity index (χ0v) is 18.6. The summed E-state index contributed by atoms with van der Waals surface area (Å²) >= 11 is 0. The monoisotopic (exact) mass is 428 g/mol. The van der Waals surface area contributed by atoms with E-state index in [-0.39, 0.29) is 30.2 Å². The first kappa shape index (κ1) is 21.3. The molecule has 1 N–H and O–H groups in total. The van der Waals surface area contributed by atoms with E-state index in [4.69, 9.17) is 0 Å². The summed E-state index contributed by atoms with van der Waals surface area (Å²) in [7, 11) is 2.50. The lowest BCUT2D eigenvalue weighted by molar-refractivity contribution is -0.142. The first-order valence-electron chi connectivity index (χ1n) is 10.7. The molecule has 4 atom stereocenters. The molecule has 30 heavy (non-hydrogen) atoms. The third-order valence-corrected chi connectivity index (χ3v) is 6.95. The second kappa shape index (κ2) is 9.03. The number of aryl methyl sites for hydroxylation is 1. The van der Waals surface area contributed by atoms with Crippen molar-refractivity contribution in [2.45, 2.75) is 50.9 Å². The molecule has 0 aromatic heterocycles. The number of halogens is 1. The van der Waals surface area contributed by atoms with E-state index in [1.807, 2.05) is 21.9 Å². The Morgan fingerprint density at radius 3 is 2.60 bits per heavy atom. The van der Waals surface area contributed by atoms with E-state index in [0.29, 0.717) is 24.8 Å². The number of alkyl halides is 1. The SMILES string of the molecule is Cc1ccc(CN2CCCC(N3CCC(c4ccc(O)c(P)c4)C(F)C3)C2=O)cc1. The molecule has 2 aliphatic rings. The van der Waals surface area contributed by atoms with Gasteiger partial charge >= 0.3 is 0 Å². The number of carbonyl (C=O) groups excluding carboxylic acids is 1. The fourth-order valence-corrected chi connectivity index (χ4v) is 5.01. The molecule has 0 radical (unpaired) electrons. The van der Waals surface area contributed by atoms with Crippen molar-refractivity contribution < 1.29 is 14.3 Å². The van der Waals surface area contributed by atoms with Gasteiger partial charge in [0, 0.05) is 30.9 Å². The Morgan fingerprint density at radius 2 is 1.90 bits per heavy atom. The van der Waals surface area contributed by atoms with Gasteiger partial charge in [-0.2, -0.15) is 0 Å². The van der Waals surface area contributed by atoms with Gasteiger partial charge in [0.25, 0.3) is 0 Å². The van der Waals surface area contributed by atoms with Crippen molar-refractivity contribution in [3.63, 3.8) is 0 Å². The van der Waals surface area contributed by atoms with Crippen LogP contribution in [0, 0.1) is 6.92 Å². The first-order valence-corrected chi connectivity index (χ1v) is 11.3. The highest BCUT2D eigenvalue weighted by Crippen LogP contribution is 2.33. The van der Waals surface area contributed by atoms with E-state index in [1.165, 1.54) is 5.56 Å². The van der Waals surface area contributed by atoms with Crippen LogP contribution in [0.15, 0.2) is 42.5 Å². The molecule has 1 amide bonds. The summed E-state index contributed by atoms with van der Waals surface area (Å²) in [4.78, 5) is 17.1. The maximum Gasteiger partial charge on any atom is 0.240 e.